The molecule has 26 heavy (non-hydrogen) atoms. The molecule has 7 heteroatoms. The zero-order valence-corrected chi connectivity index (χ0v) is 15.2. The highest BCUT2D eigenvalue weighted by Crippen LogP contribution is 2.44. The quantitative estimate of drug-likeness (QED) is 0.588. The minimum atomic E-state index is -4.36. The molecule has 4 rings (SSSR count). The Morgan fingerprint density at radius 3 is 2.54 bits per heavy atom. The molecule has 0 fully saturated rings. The van der Waals surface area contributed by atoms with Crippen molar-refractivity contribution in [2.45, 2.75) is 32.5 Å². The van der Waals surface area contributed by atoms with E-state index in [4.69, 9.17) is 0 Å². The highest BCUT2D eigenvalue weighted by Gasteiger charge is 2.47. The molecule has 1 aliphatic rings. The molecule has 2 aromatic heterocycles. The second kappa shape index (κ2) is 6.50. The summed E-state index contributed by atoms with van der Waals surface area (Å²) >= 11 is 0. The molecular formula is C19H19ClF3N3. The molecule has 0 spiro atoms. The molecule has 1 aromatic carbocycles. The highest BCUT2D eigenvalue weighted by atomic mass is 35.5. The Kier molecular flexibility index (Phi) is 4.65. The van der Waals surface area contributed by atoms with Gasteiger partial charge in [0.2, 0.25) is 0 Å². The van der Waals surface area contributed by atoms with Crippen LogP contribution >= 0.6 is 12.4 Å². The Balaban J connectivity index is 0.00000196. The molecule has 1 atom stereocenters. The molecular weight excluding hydrogens is 363 g/mol. The summed E-state index contributed by atoms with van der Waals surface area (Å²) in [5.74, 6) is 0. The van der Waals surface area contributed by atoms with Crippen LogP contribution in [0.25, 0.3) is 5.65 Å². The molecule has 3 aromatic rings. The molecule has 138 valence electrons. The third-order valence-corrected chi connectivity index (χ3v) is 5.01. The molecule has 1 aliphatic heterocycles. The number of benzene rings is 1. The Bertz CT molecular complexity index is 949. The lowest BCUT2D eigenvalue weighted by Gasteiger charge is -2.39. The lowest BCUT2D eigenvalue weighted by Crippen LogP contribution is -2.43. The molecule has 3 heterocycles. The predicted molar refractivity (Wildman–Crippen MR) is 98.2 cm³/mol. The van der Waals surface area contributed by atoms with Crippen molar-refractivity contribution in [2.75, 3.05) is 11.4 Å². The van der Waals surface area contributed by atoms with E-state index in [-0.39, 0.29) is 12.4 Å². The zero-order chi connectivity index (χ0) is 17.8. The van der Waals surface area contributed by atoms with Gasteiger partial charge in [-0.1, -0.05) is 24.3 Å². The summed E-state index contributed by atoms with van der Waals surface area (Å²) in [6, 6.07) is 8.70. The van der Waals surface area contributed by atoms with Gasteiger partial charge >= 0.3 is 6.18 Å². The Hall–Kier alpha value is -2.21. The fourth-order valence-corrected chi connectivity index (χ4v) is 3.69. The normalized spacial score (nSPS) is 17.1. The smallest absolute Gasteiger partial charge is 0.353 e. The first-order chi connectivity index (χ1) is 11.9. The molecule has 0 aliphatic carbocycles. The largest absolute Gasteiger partial charge is 0.413 e. The van der Waals surface area contributed by atoms with Gasteiger partial charge in [0.05, 0.1) is 11.4 Å². The van der Waals surface area contributed by atoms with Crippen molar-refractivity contribution < 1.29 is 13.2 Å². The number of fused-ring (bicyclic) bond motifs is 2. The number of nitrogens with zero attached hydrogens (tertiary/aromatic N) is 3. The second-order valence-corrected chi connectivity index (χ2v) is 6.46. The van der Waals surface area contributed by atoms with Crippen molar-refractivity contribution in [3.8, 4) is 0 Å². The average Bonchev–Trinajstić information content (AvgIpc) is 2.87. The van der Waals surface area contributed by atoms with Crippen LogP contribution in [0.3, 0.4) is 0 Å². The van der Waals surface area contributed by atoms with Crippen molar-refractivity contribution in [1.82, 2.24) is 9.38 Å². The van der Waals surface area contributed by atoms with E-state index in [2.05, 4.69) is 4.98 Å². The number of hydrogen-bond donors (Lipinski definition) is 0. The van der Waals surface area contributed by atoms with E-state index < -0.39 is 12.2 Å². The number of alkyl halides is 3. The van der Waals surface area contributed by atoms with Gasteiger partial charge in [0.1, 0.15) is 0 Å². The first-order valence-corrected chi connectivity index (χ1v) is 8.23. The van der Waals surface area contributed by atoms with Gasteiger partial charge in [0.25, 0.3) is 0 Å². The Morgan fingerprint density at radius 2 is 1.81 bits per heavy atom. The van der Waals surface area contributed by atoms with Crippen molar-refractivity contribution in [1.29, 1.82) is 0 Å². The van der Waals surface area contributed by atoms with Crippen LogP contribution in [0.2, 0.25) is 0 Å². The molecule has 3 nitrogen and oxygen atoms in total. The lowest BCUT2D eigenvalue weighted by atomic mass is 9.91. The van der Waals surface area contributed by atoms with E-state index >= 15 is 0 Å². The first-order valence-electron chi connectivity index (χ1n) is 8.23. The van der Waals surface area contributed by atoms with Gasteiger partial charge in [-0.3, -0.25) is 0 Å². The van der Waals surface area contributed by atoms with Gasteiger partial charge in [-0.2, -0.15) is 13.2 Å². The van der Waals surface area contributed by atoms with Gasteiger partial charge in [0, 0.05) is 18.4 Å². The first kappa shape index (κ1) is 18.6. The number of hydrogen-bond acceptors (Lipinski definition) is 2. The SMILES string of the molecule is Cc1nc2c(N3CCc4ccccc4C3C(F)(F)F)cccn2c1C.Cl. The molecule has 0 bridgehead atoms. The van der Waals surface area contributed by atoms with Gasteiger partial charge in [-0.15, -0.1) is 12.4 Å². The van der Waals surface area contributed by atoms with Gasteiger partial charge < -0.3 is 9.30 Å². The maximum atomic E-state index is 14.0. The third-order valence-electron chi connectivity index (χ3n) is 5.01. The summed E-state index contributed by atoms with van der Waals surface area (Å²) in [6.07, 6.45) is -1.93. The average molecular weight is 382 g/mol. The Morgan fingerprint density at radius 1 is 1.08 bits per heavy atom. The number of aromatic nitrogens is 2. The number of anilines is 1. The molecule has 0 saturated heterocycles. The maximum Gasteiger partial charge on any atom is 0.413 e. The monoisotopic (exact) mass is 381 g/mol. The van der Waals surface area contributed by atoms with Crippen LogP contribution in [0.15, 0.2) is 42.6 Å². The highest BCUT2D eigenvalue weighted by molar-refractivity contribution is 5.85. The summed E-state index contributed by atoms with van der Waals surface area (Å²) in [6.45, 7) is 4.11. The number of pyridine rings is 1. The van der Waals surface area contributed by atoms with E-state index in [0.717, 1.165) is 17.0 Å². The predicted octanol–water partition coefficient (Wildman–Crippen LogP) is 5.04. The summed E-state index contributed by atoms with van der Waals surface area (Å²) in [4.78, 5) is 5.96. The topological polar surface area (TPSA) is 20.5 Å². The van der Waals surface area contributed by atoms with E-state index in [1.165, 1.54) is 4.90 Å². The van der Waals surface area contributed by atoms with Crippen molar-refractivity contribution in [3.63, 3.8) is 0 Å². The van der Waals surface area contributed by atoms with Crippen LogP contribution in [0, 0.1) is 13.8 Å². The van der Waals surface area contributed by atoms with Crippen molar-refractivity contribution in [3.05, 3.63) is 65.1 Å². The van der Waals surface area contributed by atoms with Crippen LogP contribution in [-0.4, -0.2) is 22.1 Å². The van der Waals surface area contributed by atoms with Gasteiger partial charge in [0.15, 0.2) is 11.7 Å². The van der Waals surface area contributed by atoms with Gasteiger partial charge in [-0.05, 0) is 43.5 Å². The summed E-state index contributed by atoms with van der Waals surface area (Å²) < 4.78 is 43.8. The van der Waals surface area contributed by atoms with E-state index in [0.29, 0.717) is 29.9 Å². The minimum Gasteiger partial charge on any atom is -0.353 e. The van der Waals surface area contributed by atoms with Crippen molar-refractivity contribution >= 4 is 23.7 Å². The number of rotatable bonds is 1. The lowest BCUT2D eigenvalue weighted by molar-refractivity contribution is -0.151. The van der Waals surface area contributed by atoms with Gasteiger partial charge in [-0.25, -0.2) is 4.98 Å². The van der Waals surface area contributed by atoms with E-state index in [1.54, 1.807) is 36.4 Å². The number of aryl methyl sites for hydroxylation is 2. The summed E-state index contributed by atoms with van der Waals surface area (Å²) in [7, 11) is 0. The van der Waals surface area contributed by atoms with Crippen LogP contribution in [-0.2, 0) is 6.42 Å². The fraction of sp³-hybridized carbons (Fsp3) is 0.316. The van der Waals surface area contributed by atoms with E-state index in [1.807, 2.05) is 24.4 Å². The Labute approximate surface area is 155 Å². The molecule has 0 amide bonds. The molecule has 0 N–H and O–H groups in total. The second-order valence-electron chi connectivity index (χ2n) is 6.46. The van der Waals surface area contributed by atoms with Crippen LogP contribution < -0.4 is 4.90 Å². The van der Waals surface area contributed by atoms with Crippen molar-refractivity contribution in [2.24, 2.45) is 0 Å². The molecule has 0 radical (unpaired) electrons. The summed E-state index contributed by atoms with van der Waals surface area (Å²) in [5.41, 5.74) is 3.97. The minimum absolute atomic E-state index is 0. The van der Waals surface area contributed by atoms with Crippen LogP contribution in [0.4, 0.5) is 18.9 Å². The third kappa shape index (κ3) is 2.82. The summed E-state index contributed by atoms with van der Waals surface area (Å²) in [5, 5.41) is 0. The zero-order valence-electron chi connectivity index (χ0n) is 14.4. The van der Waals surface area contributed by atoms with Crippen LogP contribution in [0.5, 0.6) is 0 Å². The molecule has 0 saturated carbocycles. The number of halogens is 4. The molecule has 1 unspecified atom stereocenters. The standard InChI is InChI=1S/C19H18F3N3.ClH/c1-12-13(2)24-10-5-8-16(18(24)23-12)25-11-9-14-6-3-4-7-15(14)17(25)19(20,21)22;/h3-8,10,17H,9,11H2,1-2H3;1H. The van der Waals surface area contributed by atoms with Crippen LogP contribution in [0.1, 0.15) is 28.6 Å². The number of imidazole rings is 1. The fourth-order valence-electron chi connectivity index (χ4n) is 3.69. The maximum absolute atomic E-state index is 14.0. The van der Waals surface area contributed by atoms with E-state index in [9.17, 15) is 13.2 Å².